The highest BCUT2D eigenvalue weighted by Gasteiger charge is 2.53. The van der Waals surface area contributed by atoms with Crippen LogP contribution in [0.2, 0.25) is 0 Å². The first-order valence-corrected chi connectivity index (χ1v) is 26.0. The number of hydrogen-bond donors (Lipinski definition) is 0. The topological polar surface area (TPSA) is 16.4 Å². The van der Waals surface area contributed by atoms with Crippen LogP contribution in [0.3, 0.4) is 0 Å². The van der Waals surface area contributed by atoms with E-state index in [-0.39, 0.29) is 12.0 Å². The van der Waals surface area contributed by atoms with Gasteiger partial charge in [-0.15, -0.1) is 0 Å². The lowest BCUT2D eigenvalue weighted by Gasteiger charge is -2.40. The van der Waals surface area contributed by atoms with Crippen LogP contribution >= 0.6 is 0 Å². The molecule has 11 aromatic carbocycles. The number of furan rings is 1. The molecule has 0 fully saturated rings. The fraction of sp³-hybridized carbons (Fsp3) is 0.0556. The van der Waals surface area contributed by atoms with Crippen LogP contribution in [0.15, 0.2) is 277 Å². The molecule has 2 atom stereocenters. The molecule has 1 heterocycles. The van der Waals surface area contributed by atoms with Crippen LogP contribution in [0.4, 0.5) is 11.4 Å². The Morgan fingerprint density at radius 3 is 1.58 bits per heavy atom. The van der Waals surface area contributed by atoms with E-state index in [0.717, 1.165) is 38.6 Å². The summed E-state index contributed by atoms with van der Waals surface area (Å²) < 4.78 is 7.19. The molecule has 0 amide bonds. The third kappa shape index (κ3) is 5.39. The Kier molecular flexibility index (Phi) is 8.74. The van der Waals surface area contributed by atoms with Gasteiger partial charge in [-0.05, 0) is 102 Å². The fourth-order valence-corrected chi connectivity index (χ4v) is 14.3. The Hall–Kier alpha value is -9.24. The van der Waals surface area contributed by atoms with E-state index in [1.165, 1.54) is 89.0 Å². The van der Waals surface area contributed by atoms with E-state index >= 15 is 0 Å². The summed E-state index contributed by atoms with van der Waals surface area (Å²) in [6.45, 7) is 0. The van der Waals surface area contributed by atoms with Gasteiger partial charge < -0.3 is 9.32 Å². The van der Waals surface area contributed by atoms with Gasteiger partial charge in [0.25, 0.3) is 0 Å². The van der Waals surface area contributed by atoms with Crippen LogP contribution in [0.25, 0.3) is 66.1 Å². The van der Waals surface area contributed by atoms with E-state index in [1.54, 1.807) is 0 Å². The van der Waals surface area contributed by atoms with E-state index < -0.39 is 10.8 Å². The van der Waals surface area contributed by atoms with Crippen molar-refractivity contribution < 1.29 is 4.42 Å². The van der Waals surface area contributed by atoms with E-state index in [2.05, 4.69) is 278 Å². The smallest absolute Gasteiger partial charge is 0.143 e. The second kappa shape index (κ2) is 15.6. The highest BCUT2D eigenvalue weighted by molar-refractivity contribution is 6.15. The van der Waals surface area contributed by atoms with E-state index in [1.807, 2.05) is 0 Å². The van der Waals surface area contributed by atoms with Gasteiger partial charge in [0.2, 0.25) is 0 Å². The van der Waals surface area contributed by atoms with Crippen molar-refractivity contribution in [1.82, 2.24) is 0 Å². The third-order valence-electron chi connectivity index (χ3n) is 17.2. The molecule has 0 bridgehead atoms. The Morgan fingerprint density at radius 1 is 0.351 bits per heavy atom. The number of allylic oxidation sites excluding steroid dienone is 2. The zero-order valence-corrected chi connectivity index (χ0v) is 40.5. The van der Waals surface area contributed by atoms with Gasteiger partial charge in [-0.3, -0.25) is 0 Å². The average molecular weight is 942 g/mol. The van der Waals surface area contributed by atoms with Crippen molar-refractivity contribution in [2.75, 3.05) is 4.90 Å². The summed E-state index contributed by atoms with van der Waals surface area (Å²) in [4.78, 5) is 2.69. The zero-order chi connectivity index (χ0) is 48.5. The van der Waals surface area contributed by atoms with Crippen molar-refractivity contribution in [1.29, 1.82) is 0 Å². The summed E-state index contributed by atoms with van der Waals surface area (Å²) in [6.07, 6.45) is 9.32. The molecule has 74 heavy (non-hydrogen) atoms. The van der Waals surface area contributed by atoms with Gasteiger partial charge in [-0.2, -0.15) is 0 Å². The number of benzene rings is 11. The second-order valence-corrected chi connectivity index (χ2v) is 20.5. The quantitative estimate of drug-likeness (QED) is 0.165. The minimum absolute atomic E-state index is 0.0941. The molecule has 0 N–H and O–H groups in total. The zero-order valence-electron chi connectivity index (χ0n) is 40.5. The first-order chi connectivity index (χ1) is 36.7. The van der Waals surface area contributed by atoms with Gasteiger partial charge >= 0.3 is 0 Å². The van der Waals surface area contributed by atoms with Crippen molar-refractivity contribution in [3.63, 3.8) is 0 Å². The molecule has 4 aliphatic rings. The number of nitrogens with zero attached hydrogens (tertiary/aromatic N) is 1. The number of rotatable bonds is 6. The molecule has 2 nitrogen and oxygen atoms in total. The van der Waals surface area contributed by atoms with Gasteiger partial charge in [-0.25, -0.2) is 0 Å². The van der Waals surface area contributed by atoms with Crippen LogP contribution < -0.4 is 4.90 Å². The molecule has 2 heteroatoms. The summed E-state index contributed by atoms with van der Waals surface area (Å²) in [7, 11) is 0. The van der Waals surface area contributed by atoms with Gasteiger partial charge in [0.1, 0.15) is 11.2 Å². The third-order valence-corrected chi connectivity index (χ3v) is 17.2. The summed E-state index contributed by atoms with van der Waals surface area (Å²) in [5, 5.41) is 4.58. The summed E-state index contributed by atoms with van der Waals surface area (Å²) >= 11 is 0. The SMILES string of the molecule is C1=CC(c2cccc3c2oc2c4ccccc4ccc32)C(N(c2ccc3c(c2)C(c2ccccc2)(c2ccccc2)c2ccccc2-3)c2cccc3c2-c2ccccc2C32c3ccccc3-c3ccccc32)C=C1. The van der Waals surface area contributed by atoms with Crippen molar-refractivity contribution in [2.24, 2.45) is 0 Å². The van der Waals surface area contributed by atoms with Gasteiger partial charge in [0.15, 0.2) is 0 Å². The molecular formula is C72H47NO. The van der Waals surface area contributed by atoms with Crippen molar-refractivity contribution in [2.45, 2.75) is 22.8 Å². The Balaban J connectivity index is 0.993. The average Bonchev–Trinajstić information content (AvgIpc) is 4.25. The molecule has 346 valence electrons. The number of hydrogen-bond acceptors (Lipinski definition) is 2. The number of para-hydroxylation sites is 1. The van der Waals surface area contributed by atoms with Crippen LogP contribution in [0.5, 0.6) is 0 Å². The van der Waals surface area contributed by atoms with Crippen LogP contribution in [0.1, 0.15) is 56.0 Å². The first kappa shape index (κ1) is 41.4. The number of fused-ring (bicyclic) bond motifs is 18. The first-order valence-electron chi connectivity index (χ1n) is 26.0. The minimum atomic E-state index is -0.576. The summed E-state index contributed by atoms with van der Waals surface area (Å²) in [6, 6.07) is 93.0. The van der Waals surface area contributed by atoms with E-state index in [0.29, 0.717) is 0 Å². The molecule has 0 aliphatic heterocycles. The van der Waals surface area contributed by atoms with Crippen LogP contribution in [0, 0.1) is 0 Å². The highest BCUT2D eigenvalue weighted by Crippen LogP contribution is 2.65. The molecule has 12 aromatic rings. The molecule has 0 saturated heterocycles. The summed E-state index contributed by atoms with van der Waals surface area (Å²) in [5.41, 5.74) is 22.3. The molecule has 1 aromatic heterocycles. The normalized spacial score (nSPS) is 16.8. The highest BCUT2D eigenvalue weighted by atomic mass is 16.3. The molecule has 0 radical (unpaired) electrons. The van der Waals surface area contributed by atoms with Crippen molar-refractivity contribution in [3.05, 3.63) is 323 Å². The maximum Gasteiger partial charge on any atom is 0.143 e. The maximum absolute atomic E-state index is 7.19. The predicted molar refractivity (Wildman–Crippen MR) is 305 cm³/mol. The lowest BCUT2D eigenvalue weighted by atomic mass is 9.67. The molecule has 0 saturated carbocycles. The van der Waals surface area contributed by atoms with Gasteiger partial charge in [0, 0.05) is 44.6 Å². The van der Waals surface area contributed by atoms with E-state index in [4.69, 9.17) is 4.42 Å². The molecular weight excluding hydrogens is 895 g/mol. The lowest BCUT2D eigenvalue weighted by Crippen LogP contribution is -2.36. The molecule has 1 spiro atoms. The standard InChI is InChI=1S/C72H47NO/c1-3-22-47(23-4-1)71(48-24-5-2-6-25-48)60-34-14-9-29-53(60)54-44-42-49(45-65(54)71)73(66-39-18-13-30-55(66)56-32-19-33-57-58-43-41-46-21-7-8-26-50(46)69(58)74-70(56)57)67-40-20-38-64-68(67)59-31-12-17-37-63(59)72(64)61-35-15-10-27-51(61)52-28-11-16-36-62(52)72/h1-45,55,66H. The predicted octanol–water partition coefficient (Wildman–Crippen LogP) is 17.9. The summed E-state index contributed by atoms with van der Waals surface area (Å²) in [5.74, 6) is -0.0941. The Morgan fingerprint density at radius 2 is 0.878 bits per heavy atom. The maximum atomic E-state index is 7.19. The Labute approximate surface area is 430 Å². The van der Waals surface area contributed by atoms with Crippen molar-refractivity contribution in [3.8, 4) is 33.4 Å². The Bertz CT molecular complexity index is 4260. The fourth-order valence-electron chi connectivity index (χ4n) is 14.3. The number of anilines is 2. The second-order valence-electron chi connectivity index (χ2n) is 20.5. The van der Waals surface area contributed by atoms with Gasteiger partial charge in [-0.1, -0.05) is 249 Å². The minimum Gasteiger partial charge on any atom is -0.455 e. The van der Waals surface area contributed by atoms with Crippen LogP contribution in [-0.4, -0.2) is 6.04 Å². The monoisotopic (exact) mass is 941 g/mol. The molecule has 16 rings (SSSR count). The van der Waals surface area contributed by atoms with E-state index in [9.17, 15) is 0 Å². The van der Waals surface area contributed by atoms with Crippen LogP contribution in [-0.2, 0) is 10.8 Å². The van der Waals surface area contributed by atoms with Crippen molar-refractivity contribution >= 4 is 44.1 Å². The largest absolute Gasteiger partial charge is 0.455 e. The molecule has 2 unspecified atom stereocenters. The lowest BCUT2D eigenvalue weighted by molar-refractivity contribution is 0.642. The molecule has 4 aliphatic carbocycles. The van der Waals surface area contributed by atoms with Gasteiger partial charge in [0.05, 0.1) is 16.9 Å².